The maximum atomic E-state index is 11.4. The van der Waals surface area contributed by atoms with Crippen LogP contribution >= 0.6 is 0 Å². The zero-order valence-corrected chi connectivity index (χ0v) is 10.2. The van der Waals surface area contributed by atoms with E-state index in [2.05, 4.69) is 15.3 Å². The van der Waals surface area contributed by atoms with Crippen LogP contribution in [0.1, 0.15) is 0 Å². The molecule has 0 unspecified atom stereocenters. The van der Waals surface area contributed by atoms with Gasteiger partial charge in [0.15, 0.2) is 5.65 Å². The van der Waals surface area contributed by atoms with Crippen molar-refractivity contribution in [2.24, 2.45) is 0 Å². The predicted octanol–water partition coefficient (Wildman–Crippen LogP) is -0.265. The third kappa shape index (κ3) is 2.40. The number of hydrogen-bond donors (Lipinski definition) is 2. The van der Waals surface area contributed by atoms with Crippen molar-refractivity contribution < 1.29 is 18.3 Å². The van der Waals surface area contributed by atoms with E-state index in [1.165, 1.54) is 18.5 Å². The molecule has 9 heteroatoms. The van der Waals surface area contributed by atoms with Crippen molar-refractivity contribution in [1.82, 2.24) is 13.9 Å². The second-order valence-electron chi connectivity index (χ2n) is 3.59. The first-order chi connectivity index (χ1) is 8.38. The summed E-state index contributed by atoms with van der Waals surface area (Å²) < 4.78 is 23.8. The summed E-state index contributed by atoms with van der Waals surface area (Å²) in [4.78, 5) is 18.4. The summed E-state index contributed by atoms with van der Waals surface area (Å²) >= 11 is 0. The average Bonchev–Trinajstić information content (AvgIpc) is 2.68. The molecule has 0 saturated carbocycles. The smallest absolute Gasteiger partial charge is 0.322 e. The van der Waals surface area contributed by atoms with Crippen LogP contribution in [0.15, 0.2) is 18.5 Å². The van der Waals surface area contributed by atoms with Crippen molar-refractivity contribution in [3.63, 3.8) is 0 Å². The minimum Gasteiger partial charge on any atom is -0.480 e. The largest absolute Gasteiger partial charge is 0.480 e. The van der Waals surface area contributed by atoms with Crippen LogP contribution < -0.4 is 5.32 Å². The summed E-state index contributed by atoms with van der Waals surface area (Å²) in [5.41, 5.74) is 0.578. The van der Waals surface area contributed by atoms with Crippen molar-refractivity contribution >= 4 is 33.0 Å². The number of carboxylic acids is 1. The van der Waals surface area contributed by atoms with Gasteiger partial charge in [-0.05, 0) is 6.07 Å². The molecule has 2 rings (SSSR count). The predicted molar refractivity (Wildman–Crippen MR) is 63.9 cm³/mol. The normalized spacial score (nSPS) is 11.6. The standard InChI is InChI=1S/C9H10N4O4S/c1-18(16,17)13-3-2-6-9(13)11-4-7(12-6)10-5-8(14)15/h2-4H,5H2,1H3,(H,10,12)(H,14,15). The van der Waals surface area contributed by atoms with Gasteiger partial charge in [-0.2, -0.15) is 0 Å². The Balaban J connectivity index is 2.40. The quantitative estimate of drug-likeness (QED) is 0.786. The molecule has 2 N–H and O–H groups in total. The highest BCUT2D eigenvalue weighted by molar-refractivity contribution is 7.89. The SMILES string of the molecule is CS(=O)(=O)n1ccc2nc(NCC(=O)O)cnc21. The van der Waals surface area contributed by atoms with Crippen LogP contribution in [0.25, 0.3) is 11.2 Å². The summed E-state index contributed by atoms with van der Waals surface area (Å²) in [6.07, 6.45) is 3.69. The molecule has 2 aromatic rings. The molecular formula is C9H10N4O4S. The molecule has 0 amide bonds. The van der Waals surface area contributed by atoms with E-state index in [0.717, 1.165) is 10.2 Å². The molecule has 0 fully saturated rings. The maximum absolute atomic E-state index is 11.4. The minimum atomic E-state index is -3.43. The van der Waals surface area contributed by atoms with Gasteiger partial charge < -0.3 is 10.4 Å². The van der Waals surface area contributed by atoms with E-state index in [1.807, 2.05) is 0 Å². The van der Waals surface area contributed by atoms with Gasteiger partial charge in [-0.1, -0.05) is 0 Å². The molecule has 96 valence electrons. The molecule has 8 nitrogen and oxygen atoms in total. The van der Waals surface area contributed by atoms with Gasteiger partial charge in [0.2, 0.25) is 10.0 Å². The molecule has 2 aromatic heterocycles. The Morgan fingerprint density at radius 1 is 1.56 bits per heavy atom. The Morgan fingerprint density at radius 2 is 2.28 bits per heavy atom. The lowest BCUT2D eigenvalue weighted by molar-refractivity contribution is -0.134. The lowest BCUT2D eigenvalue weighted by Gasteiger charge is -2.03. The molecule has 0 radical (unpaired) electrons. The van der Waals surface area contributed by atoms with Crippen molar-refractivity contribution in [2.75, 3.05) is 18.1 Å². The topological polar surface area (TPSA) is 114 Å². The summed E-state index contributed by atoms with van der Waals surface area (Å²) in [5.74, 6) is -0.748. The second kappa shape index (κ2) is 4.26. The van der Waals surface area contributed by atoms with Crippen molar-refractivity contribution in [1.29, 1.82) is 0 Å². The fraction of sp³-hybridized carbons (Fsp3) is 0.222. The van der Waals surface area contributed by atoms with Gasteiger partial charge in [0, 0.05) is 6.20 Å². The number of aliphatic carboxylic acids is 1. The maximum Gasteiger partial charge on any atom is 0.322 e. The highest BCUT2D eigenvalue weighted by Crippen LogP contribution is 2.14. The molecule has 0 aliphatic rings. The zero-order chi connectivity index (χ0) is 13.3. The van der Waals surface area contributed by atoms with E-state index in [1.54, 1.807) is 0 Å². The molecule has 0 aliphatic heterocycles. The Morgan fingerprint density at radius 3 is 2.89 bits per heavy atom. The minimum absolute atomic E-state index is 0.207. The number of carbonyl (C=O) groups is 1. The van der Waals surface area contributed by atoms with E-state index in [-0.39, 0.29) is 18.0 Å². The van der Waals surface area contributed by atoms with Crippen LogP contribution in [-0.4, -0.2) is 46.2 Å². The van der Waals surface area contributed by atoms with Crippen LogP contribution in [-0.2, 0) is 14.8 Å². The molecule has 0 saturated heterocycles. The monoisotopic (exact) mass is 270 g/mol. The average molecular weight is 270 g/mol. The summed E-state index contributed by atoms with van der Waals surface area (Å²) in [6.45, 7) is -0.285. The number of nitrogens with zero attached hydrogens (tertiary/aromatic N) is 3. The van der Waals surface area contributed by atoms with E-state index in [4.69, 9.17) is 5.11 Å². The number of rotatable bonds is 4. The number of fused-ring (bicyclic) bond motifs is 1. The van der Waals surface area contributed by atoms with Gasteiger partial charge in [0.25, 0.3) is 0 Å². The second-order valence-corrected chi connectivity index (χ2v) is 5.45. The van der Waals surface area contributed by atoms with Crippen molar-refractivity contribution in [3.05, 3.63) is 18.5 Å². The fourth-order valence-electron chi connectivity index (χ4n) is 1.41. The number of nitrogens with one attached hydrogen (secondary N) is 1. The van der Waals surface area contributed by atoms with E-state index in [9.17, 15) is 13.2 Å². The lowest BCUT2D eigenvalue weighted by Crippen LogP contribution is -2.14. The van der Waals surface area contributed by atoms with Crippen LogP contribution in [0.5, 0.6) is 0 Å². The molecule has 0 aromatic carbocycles. The number of aromatic nitrogens is 3. The van der Waals surface area contributed by atoms with Gasteiger partial charge >= 0.3 is 5.97 Å². The number of carboxylic acid groups (broad SMARTS) is 1. The molecule has 0 aliphatic carbocycles. The highest BCUT2D eigenvalue weighted by atomic mass is 32.2. The van der Waals surface area contributed by atoms with E-state index in [0.29, 0.717) is 5.52 Å². The van der Waals surface area contributed by atoms with Crippen LogP contribution in [0.4, 0.5) is 5.82 Å². The van der Waals surface area contributed by atoms with Gasteiger partial charge in [0.1, 0.15) is 17.9 Å². The highest BCUT2D eigenvalue weighted by Gasteiger charge is 2.12. The van der Waals surface area contributed by atoms with Crippen LogP contribution in [0.3, 0.4) is 0 Å². The van der Waals surface area contributed by atoms with Gasteiger partial charge in [-0.15, -0.1) is 0 Å². The van der Waals surface area contributed by atoms with Gasteiger partial charge in [-0.25, -0.2) is 22.4 Å². The first kappa shape index (κ1) is 12.3. The molecule has 18 heavy (non-hydrogen) atoms. The summed E-state index contributed by atoms with van der Waals surface area (Å²) in [6, 6.07) is 1.50. The molecule has 0 bridgehead atoms. The molecule has 0 spiro atoms. The first-order valence-corrected chi connectivity index (χ1v) is 6.73. The molecular weight excluding hydrogens is 260 g/mol. The third-order valence-corrected chi connectivity index (χ3v) is 3.14. The Labute approximate surface area is 102 Å². The number of hydrogen-bond acceptors (Lipinski definition) is 6. The van der Waals surface area contributed by atoms with Gasteiger partial charge in [0.05, 0.1) is 12.5 Å². The summed E-state index contributed by atoms with van der Waals surface area (Å²) in [5, 5.41) is 11.1. The lowest BCUT2D eigenvalue weighted by atomic mass is 10.5. The number of anilines is 1. The van der Waals surface area contributed by atoms with Crippen LogP contribution in [0, 0.1) is 0 Å². The third-order valence-electron chi connectivity index (χ3n) is 2.13. The van der Waals surface area contributed by atoms with E-state index >= 15 is 0 Å². The Kier molecular flexibility index (Phi) is 2.91. The van der Waals surface area contributed by atoms with Crippen LogP contribution in [0.2, 0.25) is 0 Å². The summed E-state index contributed by atoms with van der Waals surface area (Å²) in [7, 11) is -3.43. The molecule has 2 heterocycles. The fourth-order valence-corrected chi connectivity index (χ4v) is 2.14. The zero-order valence-electron chi connectivity index (χ0n) is 9.36. The Hall–Kier alpha value is -2.16. The van der Waals surface area contributed by atoms with Crippen molar-refractivity contribution in [2.45, 2.75) is 0 Å². The van der Waals surface area contributed by atoms with E-state index < -0.39 is 16.0 Å². The first-order valence-electron chi connectivity index (χ1n) is 4.88. The molecule has 0 atom stereocenters. The van der Waals surface area contributed by atoms with Crippen molar-refractivity contribution in [3.8, 4) is 0 Å². The van der Waals surface area contributed by atoms with Gasteiger partial charge in [-0.3, -0.25) is 4.79 Å². The Bertz CT molecular complexity index is 706.